The Labute approximate surface area is 122 Å². The van der Waals surface area contributed by atoms with E-state index in [0.29, 0.717) is 17.1 Å². The minimum absolute atomic E-state index is 0.220. The van der Waals surface area contributed by atoms with Gasteiger partial charge in [-0.1, -0.05) is 31.2 Å². The molecule has 0 aliphatic carbocycles. The van der Waals surface area contributed by atoms with Crippen molar-refractivity contribution in [3.05, 3.63) is 41.0 Å². The first-order valence-electron chi connectivity index (χ1n) is 6.45. The second kappa shape index (κ2) is 6.38. The summed E-state index contributed by atoms with van der Waals surface area (Å²) < 4.78 is 4.04. The summed E-state index contributed by atoms with van der Waals surface area (Å²) in [5.41, 5.74) is 8.67. The molecule has 2 rings (SSSR count). The molecule has 5 nitrogen and oxygen atoms in total. The second-order valence-corrected chi connectivity index (χ2v) is 5.10. The summed E-state index contributed by atoms with van der Waals surface area (Å²) in [6.07, 6.45) is 0.977. The number of aromatic nitrogens is 1. The lowest BCUT2D eigenvalue weighted by Crippen LogP contribution is -2.20. The van der Waals surface area contributed by atoms with E-state index in [-0.39, 0.29) is 11.7 Å². The van der Waals surface area contributed by atoms with Crippen LogP contribution in [0.15, 0.2) is 24.3 Å². The van der Waals surface area contributed by atoms with Crippen LogP contribution >= 0.6 is 11.5 Å². The summed E-state index contributed by atoms with van der Waals surface area (Å²) in [6, 6.07) is 8.23. The Morgan fingerprint density at radius 2 is 2.05 bits per heavy atom. The lowest BCUT2D eigenvalue weighted by molar-refractivity contribution is 0.0965. The maximum absolute atomic E-state index is 11.8. The second-order valence-electron chi connectivity index (χ2n) is 4.33. The van der Waals surface area contributed by atoms with E-state index in [1.807, 2.05) is 12.1 Å². The molecule has 1 aromatic carbocycles. The molecule has 4 N–H and O–H groups in total. The molecule has 0 bridgehead atoms. The third-order valence-corrected chi connectivity index (χ3v) is 3.93. The number of benzene rings is 1. The topological polar surface area (TPSA) is 80.0 Å². The van der Waals surface area contributed by atoms with Crippen LogP contribution in [0.5, 0.6) is 0 Å². The summed E-state index contributed by atoms with van der Waals surface area (Å²) in [6.45, 7) is 2.77. The Hall–Kier alpha value is -2.08. The van der Waals surface area contributed by atoms with E-state index in [4.69, 9.17) is 5.73 Å². The fraction of sp³-hybridized carbons (Fsp3) is 0.286. The van der Waals surface area contributed by atoms with Gasteiger partial charge in [0.1, 0.15) is 10.6 Å². The highest BCUT2D eigenvalue weighted by atomic mass is 32.1. The molecular formula is C14H18N4OS. The maximum atomic E-state index is 11.8. The Kier molecular flexibility index (Phi) is 4.57. The van der Waals surface area contributed by atoms with Gasteiger partial charge in [0.25, 0.3) is 5.91 Å². The lowest BCUT2D eigenvalue weighted by atomic mass is 10.1. The molecule has 2 aromatic rings. The normalized spacial score (nSPS) is 10.3. The van der Waals surface area contributed by atoms with Gasteiger partial charge in [0.2, 0.25) is 0 Å². The van der Waals surface area contributed by atoms with E-state index in [0.717, 1.165) is 6.42 Å². The number of carbonyl (C=O) groups is 1. The molecule has 0 saturated carbocycles. The zero-order valence-electron chi connectivity index (χ0n) is 11.6. The molecule has 0 atom stereocenters. The van der Waals surface area contributed by atoms with Crippen molar-refractivity contribution < 1.29 is 4.79 Å². The molecule has 1 amide bonds. The van der Waals surface area contributed by atoms with E-state index in [9.17, 15) is 4.79 Å². The van der Waals surface area contributed by atoms with Crippen LogP contribution in [0.4, 0.5) is 10.8 Å². The molecule has 106 valence electrons. The number of hydrogen-bond donors (Lipinski definition) is 3. The first kappa shape index (κ1) is 14.3. The Morgan fingerprint density at radius 3 is 2.70 bits per heavy atom. The zero-order valence-corrected chi connectivity index (χ0v) is 12.4. The van der Waals surface area contributed by atoms with Crippen molar-refractivity contribution in [2.24, 2.45) is 0 Å². The van der Waals surface area contributed by atoms with Crippen LogP contribution in [0.3, 0.4) is 0 Å². The van der Waals surface area contributed by atoms with Gasteiger partial charge in [-0.05, 0) is 29.1 Å². The third kappa shape index (κ3) is 2.91. The van der Waals surface area contributed by atoms with Crippen LogP contribution in [0.1, 0.15) is 28.4 Å². The van der Waals surface area contributed by atoms with Crippen molar-refractivity contribution in [2.75, 3.05) is 18.1 Å². The van der Waals surface area contributed by atoms with Gasteiger partial charge in [-0.2, -0.15) is 4.37 Å². The van der Waals surface area contributed by atoms with Crippen molar-refractivity contribution in [1.82, 2.24) is 9.69 Å². The standard InChI is InChI=1S/C14H18N4OS/c1-3-9-6-4-5-7-10(9)8-17-14-11(13(19)16-2)12(15)18-20-14/h4-7,17H,3,8H2,1-2H3,(H2,15,18)(H,16,19). The van der Waals surface area contributed by atoms with Crippen LogP contribution in [0.2, 0.25) is 0 Å². The number of nitrogen functional groups attached to an aromatic ring is 1. The van der Waals surface area contributed by atoms with Crippen LogP contribution in [-0.2, 0) is 13.0 Å². The number of anilines is 2. The maximum Gasteiger partial charge on any atom is 0.257 e. The summed E-state index contributed by atoms with van der Waals surface area (Å²) in [5.74, 6) is 0.0446. The quantitative estimate of drug-likeness (QED) is 0.789. The zero-order chi connectivity index (χ0) is 14.5. The number of hydrogen-bond acceptors (Lipinski definition) is 5. The SMILES string of the molecule is CCc1ccccc1CNc1snc(N)c1C(=O)NC. The van der Waals surface area contributed by atoms with Crippen molar-refractivity contribution in [1.29, 1.82) is 0 Å². The number of rotatable bonds is 5. The molecule has 0 radical (unpaired) electrons. The molecule has 0 fully saturated rings. The average Bonchev–Trinajstić information content (AvgIpc) is 2.85. The number of amides is 1. The summed E-state index contributed by atoms with van der Waals surface area (Å²) >= 11 is 1.21. The van der Waals surface area contributed by atoms with Gasteiger partial charge in [-0.15, -0.1) is 0 Å². The van der Waals surface area contributed by atoms with Crippen LogP contribution in [-0.4, -0.2) is 17.3 Å². The van der Waals surface area contributed by atoms with Gasteiger partial charge in [0.05, 0.1) is 0 Å². The van der Waals surface area contributed by atoms with Crippen LogP contribution in [0, 0.1) is 0 Å². The predicted octanol–water partition coefficient (Wildman–Crippen LogP) is 2.26. The molecule has 1 heterocycles. The van der Waals surface area contributed by atoms with Gasteiger partial charge < -0.3 is 16.4 Å². The molecule has 0 spiro atoms. The fourth-order valence-corrected chi connectivity index (χ4v) is 2.72. The molecule has 0 aliphatic heterocycles. The van der Waals surface area contributed by atoms with E-state index < -0.39 is 0 Å². The highest BCUT2D eigenvalue weighted by molar-refractivity contribution is 7.11. The van der Waals surface area contributed by atoms with Crippen molar-refractivity contribution in [3.63, 3.8) is 0 Å². The van der Waals surface area contributed by atoms with Crippen LogP contribution < -0.4 is 16.4 Å². The molecular weight excluding hydrogens is 272 g/mol. The van der Waals surface area contributed by atoms with Crippen molar-refractivity contribution >= 4 is 28.3 Å². The summed E-state index contributed by atoms with van der Waals surface area (Å²) in [4.78, 5) is 11.8. The minimum Gasteiger partial charge on any atom is -0.382 e. The number of nitrogens with two attached hydrogens (primary N) is 1. The molecule has 1 aromatic heterocycles. The van der Waals surface area contributed by atoms with E-state index in [2.05, 4.69) is 34.1 Å². The third-order valence-electron chi connectivity index (χ3n) is 3.11. The summed E-state index contributed by atoms with van der Waals surface area (Å²) in [5, 5.41) is 6.53. The van der Waals surface area contributed by atoms with Crippen molar-refractivity contribution in [3.8, 4) is 0 Å². The fourth-order valence-electron chi connectivity index (χ4n) is 2.02. The Bertz CT molecular complexity index is 609. The average molecular weight is 290 g/mol. The molecule has 0 unspecified atom stereocenters. The first-order valence-corrected chi connectivity index (χ1v) is 7.22. The first-order chi connectivity index (χ1) is 9.67. The van der Waals surface area contributed by atoms with Gasteiger partial charge in [-0.3, -0.25) is 4.79 Å². The monoisotopic (exact) mass is 290 g/mol. The molecule has 0 aliphatic rings. The number of carbonyl (C=O) groups excluding carboxylic acids is 1. The number of nitrogens with one attached hydrogen (secondary N) is 2. The Balaban J connectivity index is 2.17. The Morgan fingerprint density at radius 1 is 1.35 bits per heavy atom. The number of nitrogens with zero attached hydrogens (tertiary/aromatic N) is 1. The van der Waals surface area contributed by atoms with E-state index in [1.54, 1.807) is 7.05 Å². The molecule has 6 heteroatoms. The smallest absolute Gasteiger partial charge is 0.257 e. The van der Waals surface area contributed by atoms with Crippen molar-refractivity contribution in [2.45, 2.75) is 19.9 Å². The number of aryl methyl sites for hydroxylation is 1. The van der Waals surface area contributed by atoms with Gasteiger partial charge in [0.15, 0.2) is 5.82 Å². The summed E-state index contributed by atoms with van der Waals surface area (Å²) in [7, 11) is 1.58. The van der Waals surface area contributed by atoms with E-state index >= 15 is 0 Å². The minimum atomic E-state index is -0.220. The largest absolute Gasteiger partial charge is 0.382 e. The highest BCUT2D eigenvalue weighted by Crippen LogP contribution is 2.27. The molecule has 0 saturated heterocycles. The van der Waals surface area contributed by atoms with Crippen LogP contribution in [0.25, 0.3) is 0 Å². The highest BCUT2D eigenvalue weighted by Gasteiger charge is 2.18. The van der Waals surface area contributed by atoms with Gasteiger partial charge in [0, 0.05) is 13.6 Å². The van der Waals surface area contributed by atoms with Gasteiger partial charge >= 0.3 is 0 Å². The predicted molar refractivity (Wildman–Crippen MR) is 83.1 cm³/mol. The lowest BCUT2D eigenvalue weighted by Gasteiger charge is -2.10. The van der Waals surface area contributed by atoms with Gasteiger partial charge in [-0.25, -0.2) is 0 Å². The molecule has 20 heavy (non-hydrogen) atoms. The van der Waals surface area contributed by atoms with E-state index in [1.165, 1.54) is 22.7 Å².